The van der Waals surface area contributed by atoms with E-state index in [1.807, 2.05) is 6.92 Å². The summed E-state index contributed by atoms with van der Waals surface area (Å²) in [5.74, 6) is 0.656. The molecule has 2 heterocycles. The van der Waals surface area contributed by atoms with Crippen molar-refractivity contribution >= 4 is 57.6 Å². The lowest BCUT2D eigenvalue weighted by atomic mass is 10.1. The van der Waals surface area contributed by atoms with Crippen molar-refractivity contribution in [1.82, 2.24) is 4.90 Å². The number of thiocarbonyl (C=S) groups is 1. The van der Waals surface area contributed by atoms with Crippen LogP contribution in [0.4, 0.5) is 5.69 Å². The Kier molecular flexibility index (Phi) is 4.94. The van der Waals surface area contributed by atoms with E-state index < -0.39 is 4.92 Å². The highest BCUT2D eigenvalue weighted by molar-refractivity contribution is 8.26. The van der Waals surface area contributed by atoms with Crippen LogP contribution < -0.4 is 0 Å². The zero-order valence-corrected chi connectivity index (χ0v) is 15.3. The van der Waals surface area contributed by atoms with E-state index in [0.29, 0.717) is 37.9 Å². The maximum atomic E-state index is 12.2. The summed E-state index contributed by atoms with van der Waals surface area (Å²) in [6.07, 6.45) is 1.60. The van der Waals surface area contributed by atoms with E-state index in [9.17, 15) is 14.9 Å². The Balaban J connectivity index is 1.93. The quantitative estimate of drug-likeness (QED) is 0.323. The second-order valence-electron chi connectivity index (χ2n) is 5.05. The molecule has 0 bridgehead atoms. The number of carbonyl (C=O) groups excluding carboxylic acids is 1. The highest BCUT2D eigenvalue weighted by Gasteiger charge is 2.30. The molecule has 3 rings (SSSR count). The monoisotopic (exact) mass is 394 g/mol. The summed E-state index contributed by atoms with van der Waals surface area (Å²) in [6, 6.07) is 7.44. The zero-order chi connectivity index (χ0) is 18.1. The van der Waals surface area contributed by atoms with Crippen LogP contribution in [0.2, 0.25) is 5.02 Å². The summed E-state index contributed by atoms with van der Waals surface area (Å²) < 4.78 is 6.20. The van der Waals surface area contributed by atoms with Crippen LogP contribution in [0.3, 0.4) is 0 Å². The summed E-state index contributed by atoms with van der Waals surface area (Å²) in [6.45, 7) is 2.36. The number of thioether (sulfide) groups is 1. The van der Waals surface area contributed by atoms with Crippen LogP contribution in [-0.4, -0.2) is 26.6 Å². The highest BCUT2D eigenvalue weighted by atomic mass is 35.5. The zero-order valence-electron chi connectivity index (χ0n) is 12.9. The molecule has 1 aliphatic rings. The van der Waals surface area contributed by atoms with E-state index in [-0.39, 0.29) is 11.6 Å². The molecule has 2 aromatic rings. The van der Waals surface area contributed by atoms with Crippen molar-refractivity contribution in [2.75, 3.05) is 6.54 Å². The number of nitro groups is 1. The maximum Gasteiger partial charge on any atom is 0.270 e. The number of halogens is 1. The van der Waals surface area contributed by atoms with Crippen molar-refractivity contribution in [2.45, 2.75) is 6.92 Å². The molecule has 1 aromatic carbocycles. The third-order valence-electron chi connectivity index (χ3n) is 3.52. The lowest BCUT2D eigenvalue weighted by Gasteiger charge is -2.09. The minimum absolute atomic E-state index is 0.0823. The molecule has 9 heteroatoms. The minimum atomic E-state index is -0.500. The average Bonchev–Trinajstić information content (AvgIpc) is 3.13. The summed E-state index contributed by atoms with van der Waals surface area (Å²) >= 11 is 12.5. The number of likely N-dealkylation sites (N-methyl/N-ethyl adjacent to an activating group) is 1. The number of hydrogen-bond donors (Lipinski definition) is 0. The van der Waals surface area contributed by atoms with Crippen LogP contribution in [0.1, 0.15) is 12.7 Å². The molecule has 0 atom stereocenters. The molecule has 0 saturated carbocycles. The molecule has 0 aliphatic carbocycles. The van der Waals surface area contributed by atoms with Crippen molar-refractivity contribution < 1.29 is 14.1 Å². The fourth-order valence-electron chi connectivity index (χ4n) is 2.29. The van der Waals surface area contributed by atoms with Crippen molar-refractivity contribution in [2.24, 2.45) is 0 Å². The fraction of sp³-hybridized carbons (Fsp3) is 0.125. The first-order valence-electron chi connectivity index (χ1n) is 7.20. The second-order valence-corrected chi connectivity index (χ2v) is 7.13. The summed E-state index contributed by atoms with van der Waals surface area (Å²) in [4.78, 5) is 24.6. The van der Waals surface area contributed by atoms with Crippen LogP contribution in [0.25, 0.3) is 17.4 Å². The molecule has 25 heavy (non-hydrogen) atoms. The molecule has 128 valence electrons. The Morgan fingerprint density at radius 3 is 2.80 bits per heavy atom. The van der Waals surface area contributed by atoms with Crippen LogP contribution in [0, 0.1) is 10.1 Å². The summed E-state index contributed by atoms with van der Waals surface area (Å²) in [5, 5.41) is 11.3. The van der Waals surface area contributed by atoms with Crippen LogP contribution in [-0.2, 0) is 4.79 Å². The van der Waals surface area contributed by atoms with Gasteiger partial charge in [0.1, 0.15) is 15.8 Å². The summed E-state index contributed by atoms with van der Waals surface area (Å²) in [7, 11) is 0. The van der Waals surface area contributed by atoms with Gasteiger partial charge < -0.3 is 4.42 Å². The number of benzene rings is 1. The molecule has 1 aromatic heterocycles. The number of rotatable bonds is 4. The summed E-state index contributed by atoms with van der Waals surface area (Å²) in [5.41, 5.74) is 0.331. The normalized spacial score (nSPS) is 16.1. The third-order valence-corrected chi connectivity index (χ3v) is 5.22. The van der Waals surface area contributed by atoms with Crippen LogP contribution >= 0.6 is 35.6 Å². The Hall–Kier alpha value is -2.16. The topological polar surface area (TPSA) is 76.6 Å². The van der Waals surface area contributed by atoms with Gasteiger partial charge in [-0.25, -0.2) is 0 Å². The molecule has 1 aliphatic heterocycles. The molecule has 1 amide bonds. The first kappa shape index (κ1) is 17.7. The largest absolute Gasteiger partial charge is 0.457 e. The van der Waals surface area contributed by atoms with E-state index in [4.69, 9.17) is 28.2 Å². The molecule has 0 spiro atoms. The number of nitrogens with zero attached hydrogens (tertiary/aromatic N) is 2. The standard InChI is InChI=1S/C16H11ClN2O4S2/c1-2-18-15(20)14(25-16(18)24)8-10-4-6-13(23-10)11-7-9(19(21)22)3-5-12(11)17/h3-8H,2H2,1H3/b14-8+. The molecule has 0 unspecified atom stereocenters. The van der Waals surface area contributed by atoms with Crippen LogP contribution in [0.15, 0.2) is 39.7 Å². The Morgan fingerprint density at radius 2 is 2.16 bits per heavy atom. The lowest BCUT2D eigenvalue weighted by Crippen LogP contribution is -2.27. The van der Waals surface area contributed by atoms with Gasteiger partial charge in [0.25, 0.3) is 11.6 Å². The average molecular weight is 395 g/mol. The van der Waals surface area contributed by atoms with Crippen molar-refractivity contribution in [3.8, 4) is 11.3 Å². The van der Waals surface area contributed by atoms with Gasteiger partial charge in [0, 0.05) is 30.3 Å². The second kappa shape index (κ2) is 6.99. The first-order valence-corrected chi connectivity index (χ1v) is 8.80. The predicted molar refractivity (Wildman–Crippen MR) is 101 cm³/mol. The van der Waals surface area contributed by atoms with E-state index >= 15 is 0 Å². The van der Waals surface area contributed by atoms with Crippen LogP contribution in [0.5, 0.6) is 0 Å². The molecule has 1 fully saturated rings. The SMILES string of the molecule is CCN1C(=O)/C(=C\c2ccc(-c3cc([N+](=O)[O-])ccc3Cl)o2)SC1=S. The van der Waals surface area contributed by atoms with Gasteiger partial charge in [-0.1, -0.05) is 35.6 Å². The number of amides is 1. The lowest BCUT2D eigenvalue weighted by molar-refractivity contribution is -0.384. The number of non-ortho nitro benzene ring substituents is 1. The molecule has 1 saturated heterocycles. The van der Waals surface area contributed by atoms with Gasteiger partial charge in [-0.15, -0.1) is 0 Å². The first-order chi connectivity index (χ1) is 11.9. The smallest absolute Gasteiger partial charge is 0.270 e. The molecule has 0 N–H and O–H groups in total. The van der Waals surface area contributed by atoms with Gasteiger partial charge in [0.05, 0.1) is 14.9 Å². The van der Waals surface area contributed by atoms with Crippen molar-refractivity contribution in [3.63, 3.8) is 0 Å². The van der Waals surface area contributed by atoms with Gasteiger partial charge in [-0.2, -0.15) is 0 Å². The van der Waals surface area contributed by atoms with Gasteiger partial charge >= 0.3 is 0 Å². The van der Waals surface area contributed by atoms with Crippen molar-refractivity contribution in [1.29, 1.82) is 0 Å². The van der Waals surface area contributed by atoms with E-state index in [2.05, 4.69) is 0 Å². The van der Waals surface area contributed by atoms with E-state index in [1.165, 1.54) is 34.9 Å². The predicted octanol–water partition coefficient (Wildman–Crippen LogP) is 4.73. The highest BCUT2D eigenvalue weighted by Crippen LogP contribution is 2.35. The number of furan rings is 1. The Bertz CT molecular complexity index is 923. The Morgan fingerprint density at radius 1 is 1.40 bits per heavy atom. The third kappa shape index (κ3) is 3.46. The van der Waals surface area contributed by atoms with E-state index in [1.54, 1.807) is 18.2 Å². The maximum absolute atomic E-state index is 12.2. The molecular formula is C16H11ClN2O4S2. The number of carbonyl (C=O) groups is 1. The minimum Gasteiger partial charge on any atom is -0.457 e. The fourth-order valence-corrected chi connectivity index (χ4v) is 3.87. The number of nitro benzene ring substituents is 1. The molecule has 6 nitrogen and oxygen atoms in total. The molecular weight excluding hydrogens is 384 g/mol. The van der Waals surface area contributed by atoms with E-state index in [0.717, 1.165) is 0 Å². The van der Waals surface area contributed by atoms with Gasteiger partial charge in [0.2, 0.25) is 0 Å². The van der Waals surface area contributed by atoms with Gasteiger partial charge in [0.15, 0.2) is 0 Å². The van der Waals surface area contributed by atoms with Gasteiger partial charge in [-0.3, -0.25) is 19.8 Å². The van der Waals surface area contributed by atoms with Crippen molar-refractivity contribution in [3.05, 3.63) is 56.1 Å². The molecule has 0 radical (unpaired) electrons. The Labute approximate surface area is 157 Å². The van der Waals surface area contributed by atoms with Gasteiger partial charge in [-0.05, 0) is 25.1 Å². The number of hydrogen-bond acceptors (Lipinski definition) is 6.